The number of sulfonamides is 1. The van der Waals surface area contributed by atoms with Gasteiger partial charge in [-0.05, 0) is 12.5 Å². The van der Waals surface area contributed by atoms with Gasteiger partial charge in [0, 0.05) is 32.6 Å². The first kappa shape index (κ1) is 18.9. The number of hydrogen-bond acceptors (Lipinski definition) is 5. The fourth-order valence-electron chi connectivity index (χ4n) is 2.68. The molecule has 0 aromatic carbocycles. The summed E-state index contributed by atoms with van der Waals surface area (Å²) in [7, 11) is -0.612. The first-order chi connectivity index (χ1) is 11.3. The van der Waals surface area contributed by atoms with Crippen LogP contribution >= 0.6 is 11.3 Å². The smallest absolute Gasteiger partial charge is 0.261 e. The van der Waals surface area contributed by atoms with Gasteiger partial charge in [0.1, 0.15) is 6.04 Å². The Morgan fingerprint density at radius 2 is 2.12 bits per heavy atom. The molecule has 0 radical (unpaired) electrons. The molecular weight excluding hydrogens is 350 g/mol. The van der Waals surface area contributed by atoms with Gasteiger partial charge >= 0.3 is 0 Å². The lowest BCUT2D eigenvalue weighted by atomic mass is 10.1. The quantitative estimate of drug-likeness (QED) is 0.810. The summed E-state index contributed by atoms with van der Waals surface area (Å²) in [6, 6.07) is 0.704. The van der Waals surface area contributed by atoms with Crippen LogP contribution in [0.3, 0.4) is 0 Å². The lowest BCUT2D eigenvalue weighted by Gasteiger charge is -2.38. The van der Waals surface area contributed by atoms with E-state index in [1.165, 1.54) is 22.8 Å². The molecule has 0 spiro atoms. The molecule has 1 atom stereocenters. The maximum absolute atomic E-state index is 13.0. The Morgan fingerprint density at radius 3 is 2.75 bits per heavy atom. The number of unbranched alkanes of at least 4 members (excludes halogenated alkanes) is 1. The maximum atomic E-state index is 13.0. The van der Waals surface area contributed by atoms with Gasteiger partial charge < -0.3 is 10.2 Å². The van der Waals surface area contributed by atoms with Crippen LogP contribution in [-0.2, 0) is 14.8 Å². The van der Waals surface area contributed by atoms with E-state index in [0.29, 0.717) is 17.8 Å². The molecule has 0 saturated carbocycles. The summed E-state index contributed by atoms with van der Waals surface area (Å²) in [6.45, 7) is 2.64. The molecule has 1 fully saturated rings. The van der Waals surface area contributed by atoms with E-state index in [9.17, 15) is 18.0 Å². The fourth-order valence-corrected chi connectivity index (χ4v) is 5.49. The third-order valence-corrected chi connectivity index (χ3v) is 7.09. The Morgan fingerprint density at radius 1 is 1.42 bits per heavy atom. The number of nitrogens with zero attached hydrogens (tertiary/aromatic N) is 2. The average molecular weight is 374 g/mol. The van der Waals surface area contributed by atoms with Crippen molar-refractivity contribution in [3.05, 3.63) is 16.3 Å². The Kier molecular flexibility index (Phi) is 6.00. The molecule has 2 rings (SSSR count). The van der Waals surface area contributed by atoms with Gasteiger partial charge in [-0.2, -0.15) is 4.31 Å². The molecule has 1 N–H and O–H groups in total. The number of amides is 2. The van der Waals surface area contributed by atoms with Crippen LogP contribution in [0.5, 0.6) is 0 Å². The Balaban J connectivity index is 2.33. The summed E-state index contributed by atoms with van der Waals surface area (Å²) in [4.78, 5) is 26.1. The van der Waals surface area contributed by atoms with E-state index in [0.717, 1.165) is 24.2 Å². The first-order valence-corrected chi connectivity index (χ1v) is 10.2. The van der Waals surface area contributed by atoms with Gasteiger partial charge in [0.25, 0.3) is 5.91 Å². The normalized spacial score (nSPS) is 19.5. The molecule has 134 valence electrons. The molecule has 1 aliphatic rings. The van der Waals surface area contributed by atoms with E-state index >= 15 is 0 Å². The van der Waals surface area contributed by atoms with Crippen molar-refractivity contribution in [2.24, 2.45) is 0 Å². The average Bonchev–Trinajstić information content (AvgIpc) is 3.06. The Labute approximate surface area is 146 Å². The van der Waals surface area contributed by atoms with Crippen LogP contribution in [0.25, 0.3) is 0 Å². The van der Waals surface area contributed by atoms with E-state index in [1.54, 1.807) is 11.9 Å². The number of likely N-dealkylation sites (N-methyl/N-ethyl adjacent to an activating group) is 1. The van der Waals surface area contributed by atoms with Crippen molar-refractivity contribution >= 4 is 33.2 Å². The molecule has 9 heteroatoms. The van der Waals surface area contributed by atoms with Crippen LogP contribution in [-0.4, -0.2) is 62.7 Å². The molecule has 1 saturated heterocycles. The third-order valence-electron chi connectivity index (χ3n) is 4.13. The number of hydrogen-bond donors (Lipinski definition) is 1. The highest BCUT2D eigenvalue weighted by Gasteiger charge is 2.40. The van der Waals surface area contributed by atoms with E-state index in [4.69, 9.17) is 0 Å². The molecular formula is C15H23N3O4S2. The molecule has 1 aromatic heterocycles. The number of piperazine rings is 1. The summed E-state index contributed by atoms with van der Waals surface area (Å²) in [5.74, 6) is -0.488. The number of nitrogens with one attached hydrogen (secondary N) is 1. The zero-order valence-corrected chi connectivity index (χ0v) is 15.7. The van der Waals surface area contributed by atoms with Crippen molar-refractivity contribution in [2.75, 3.05) is 27.2 Å². The number of thiophene rings is 1. The van der Waals surface area contributed by atoms with Gasteiger partial charge in [-0.25, -0.2) is 8.42 Å². The van der Waals surface area contributed by atoms with Crippen molar-refractivity contribution in [3.63, 3.8) is 0 Å². The second-order valence-corrected chi connectivity index (χ2v) is 8.56. The minimum atomic E-state index is -3.80. The minimum Gasteiger partial charge on any atom is -0.354 e. The number of rotatable bonds is 6. The summed E-state index contributed by atoms with van der Waals surface area (Å²) < 4.78 is 27.2. The highest BCUT2D eigenvalue weighted by Crippen LogP contribution is 2.27. The summed E-state index contributed by atoms with van der Waals surface area (Å²) in [6.07, 6.45) is 2.18. The van der Waals surface area contributed by atoms with Crippen molar-refractivity contribution < 1.29 is 18.0 Å². The first-order valence-electron chi connectivity index (χ1n) is 7.90. The van der Waals surface area contributed by atoms with Crippen molar-refractivity contribution in [3.8, 4) is 0 Å². The third kappa shape index (κ3) is 3.62. The topological polar surface area (TPSA) is 86.8 Å². The zero-order chi connectivity index (χ0) is 17.9. The second-order valence-electron chi connectivity index (χ2n) is 5.76. The lowest BCUT2D eigenvalue weighted by molar-refractivity contribution is -0.137. The summed E-state index contributed by atoms with van der Waals surface area (Å²) >= 11 is 1.08. The SMILES string of the molecule is CCCCC1C(=O)N(C)CCN1S(=O)(=O)c1csc(C(=O)NC)c1. The van der Waals surface area contributed by atoms with Gasteiger partial charge in [0.2, 0.25) is 15.9 Å². The maximum Gasteiger partial charge on any atom is 0.261 e. The molecule has 1 aromatic rings. The molecule has 0 aliphatic carbocycles. The van der Waals surface area contributed by atoms with E-state index in [2.05, 4.69) is 5.32 Å². The molecule has 24 heavy (non-hydrogen) atoms. The number of carbonyl (C=O) groups is 2. The van der Waals surface area contributed by atoms with Crippen molar-refractivity contribution in [1.82, 2.24) is 14.5 Å². The van der Waals surface area contributed by atoms with Crippen molar-refractivity contribution in [2.45, 2.75) is 37.1 Å². The van der Waals surface area contributed by atoms with Gasteiger partial charge in [-0.3, -0.25) is 9.59 Å². The zero-order valence-electron chi connectivity index (χ0n) is 14.1. The summed E-state index contributed by atoms with van der Waals surface area (Å²) in [5.41, 5.74) is 0. The van der Waals surface area contributed by atoms with Crippen LogP contribution in [0, 0.1) is 0 Å². The van der Waals surface area contributed by atoms with Gasteiger partial charge in [-0.15, -0.1) is 11.3 Å². The molecule has 2 amide bonds. The Hall–Kier alpha value is -1.45. The van der Waals surface area contributed by atoms with Gasteiger partial charge in [0.05, 0.1) is 9.77 Å². The molecule has 1 aliphatic heterocycles. The van der Waals surface area contributed by atoms with Gasteiger partial charge in [0.15, 0.2) is 0 Å². The van der Waals surface area contributed by atoms with E-state index in [-0.39, 0.29) is 23.3 Å². The van der Waals surface area contributed by atoms with Crippen LogP contribution in [0.15, 0.2) is 16.3 Å². The van der Waals surface area contributed by atoms with Crippen LogP contribution in [0.1, 0.15) is 35.9 Å². The molecule has 7 nitrogen and oxygen atoms in total. The highest BCUT2D eigenvalue weighted by molar-refractivity contribution is 7.89. The predicted octanol–water partition coefficient (Wildman–Crippen LogP) is 1.13. The fraction of sp³-hybridized carbons (Fsp3) is 0.600. The molecule has 2 heterocycles. The largest absolute Gasteiger partial charge is 0.354 e. The molecule has 0 bridgehead atoms. The lowest BCUT2D eigenvalue weighted by Crippen LogP contribution is -2.57. The Bertz CT molecular complexity index is 714. The van der Waals surface area contributed by atoms with Crippen molar-refractivity contribution in [1.29, 1.82) is 0 Å². The van der Waals surface area contributed by atoms with E-state index in [1.807, 2.05) is 6.92 Å². The molecule has 1 unspecified atom stereocenters. The monoisotopic (exact) mass is 373 g/mol. The van der Waals surface area contributed by atoms with Crippen LogP contribution < -0.4 is 5.32 Å². The van der Waals surface area contributed by atoms with E-state index < -0.39 is 16.1 Å². The van der Waals surface area contributed by atoms with Crippen LogP contribution in [0.2, 0.25) is 0 Å². The van der Waals surface area contributed by atoms with Gasteiger partial charge in [-0.1, -0.05) is 19.8 Å². The second kappa shape index (κ2) is 7.62. The standard InChI is InChI=1S/C15H23N3O4S2/c1-4-5-6-12-15(20)17(3)7-8-18(12)24(21,22)11-9-13(23-10-11)14(19)16-2/h9-10,12H,4-8H2,1-3H3,(H,16,19). The predicted molar refractivity (Wildman–Crippen MR) is 92.6 cm³/mol. The summed E-state index contributed by atoms with van der Waals surface area (Å²) in [5, 5.41) is 3.94. The van der Waals surface area contributed by atoms with Crippen LogP contribution in [0.4, 0.5) is 0 Å². The minimum absolute atomic E-state index is 0.0740. The highest BCUT2D eigenvalue weighted by atomic mass is 32.2. The number of carbonyl (C=O) groups excluding carboxylic acids is 2.